The van der Waals surface area contributed by atoms with Crippen LogP contribution in [0.5, 0.6) is 5.75 Å². The van der Waals surface area contributed by atoms with Crippen LogP contribution in [0.15, 0.2) is 30.4 Å². The number of amides is 3. The van der Waals surface area contributed by atoms with Crippen LogP contribution in [0.25, 0.3) is 0 Å². The molecule has 5 atom stereocenters. The zero-order valence-electron chi connectivity index (χ0n) is 26.6. The number of carboxylic acid groups (broad SMARTS) is 1. The highest BCUT2D eigenvalue weighted by molar-refractivity contribution is 6.12. The number of aliphatic hydroxyl groups is 3. The minimum atomic E-state index is -1.72. The molecule has 0 radical (unpaired) electrons. The Balaban J connectivity index is 1.50. The van der Waals surface area contributed by atoms with E-state index in [1.807, 2.05) is 6.07 Å². The zero-order valence-corrected chi connectivity index (χ0v) is 26.6. The van der Waals surface area contributed by atoms with Gasteiger partial charge in [0.25, 0.3) is 11.8 Å². The van der Waals surface area contributed by atoms with E-state index in [2.05, 4.69) is 5.32 Å². The molecule has 1 aromatic rings. The summed E-state index contributed by atoms with van der Waals surface area (Å²) >= 11 is 0. The van der Waals surface area contributed by atoms with Crippen LogP contribution in [0.1, 0.15) is 76.8 Å². The fourth-order valence-electron chi connectivity index (χ4n) is 5.21. The Morgan fingerprint density at radius 1 is 0.935 bits per heavy atom. The lowest BCUT2D eigenvalue weighted by molar-refractivity contribution is -0.175. The molecule has 254 valence electrons. The van der Waals surface area contributed by atoms with E-state index in [1.54, 1.807) is 32.9 Å². The molecule has 3 amide bonds. The van der Waals surface area contributed by atoms with Gasteiger partial charge in [0.1, 0.15) is 30.7 Å². The van der Waals surface area contributed by atoms with Gasteiger partial charge in [0, 0.05) is 43.6 Å². The predicted octanol–water partition coefficient (Wildman–Crippen LogP) is 1.63. The molecule has 1 aromatic carbocycles. The quantitative estimate of drug-likeness (QED) is 0.0993. The highest BCUT2D eigenvalue weighted by atomic mass is 16.5. The van der Waals surface area contributed by atoms with E-state index in [-0.39, 0.29) is 36.5 Å². The van der Waals surface area contributed by atoms with Crippen LogP contribution < -0.4 is 10.1 Å². The van der Waals surface area contributed by atoms with Crippen LogP contribution in [-0.2, 0) is 41.7 Å². The second-order valence-electron chi connectivity index (χ2n) is 12.9. The Bertz CT molecular complexity index is 1270. The van der Waals surface area contributed by atoms with E-state index < -0.39 is 47.7 Å². The minimum absolute atomic E-state index is 0.0714. The molecule has 1 aliphatic heterocycles. The summed E-state index contributed by atoms with van der Waals surface area (Å²) in [6.07, 6.45) is 0.612. The topological polar surface area (TPSA) is 200 Å². The summed E-state index contributed by atoms with van der Waals surface area (Å²) in [5, 5.41) is 43.3. The summed E-state index contributed by atoms with van der Waals surface area (Å²) in [5.41, 5.74) is 0.612. The fraction of sp³-hybridized carbons (Fsp3) is 0.606. The third-order valence-electron chi connectivity index (χ3n) is 8.08. The van der Waals surface area contributed by atoms with Gasteiger partial charge in [-0.1, -0.05) is 18.6 Å². The highest BCUT2D eigenvalue weighted by Crippen LogP contribution is 2.32. The SMILES string of the molecule is CC(C)(C)C(=O)OCc1ccc(CCCCNC(=O)CCCCCN2C(=O)C=CC2=O)cc1O[C@@H]1C[C@H](C(=O)O)[C@@H](O)[C@H](O)[C@H]1O. The second kappa shape index (κ2) is 16.7. The van der Waals surface area contributed by atoms with Crippen LogP contribution in [0.2, 0.25) is 0 Å². The molecule has 0 bridgehead atoms. The number of aliphatic hydroxyl groups excluding tert-OH is 3. The zero-order chi connectivity index (χ0) is 34.0. The molecule has 1 heterocycles. The largest absolute Gasteiger partial charge is 0.487 e. The standard InChI is InChI=1S/C33H46N2O11/c1-33(2,3)32(44)45-19-21-12-11-20(17-23(21)46-24-18-22(31(42)43)28(39)30(41)29(24)40)9-6-7-15-34-25(36)10-5-4-8-16-35-26(37)13-14-27(35)38/h11-14,17,22,24,28-30,39-41H,4-10,15-16,18-19H2,1-3H3,(H,34,36)(H,42,43)/t22-,24+,28+,29-,30-/m0/s1. The van der Waals surface area contributed by atoms with Crippen molar-refractivity contribution >= 4 is 29.7 Å². The van der Waals surface area contributed by atoms with Gasteiger partial charge in [0.2, 0.25) is 5.91 Å². The number of nitrogens with zero attached hydrogens (tertiary/aromatic N) is 1. The van der Waals surface area contributed by atoms with Crippen molar-refractivity contribution in [2.45, 2.75) is 103 Å². The molecule has 5 N–H and O–H groups in total. The smallest absolute Gasteiger partial charge is 0.311 e. The molecule has 0 aromatic heterocycles. The number of nitrogens with one attached hydrogen (secondary N) is 1. The van der Waals surface area contributed by atoms with E-state index in [0.717, 1.165) is 12.0 Å². The van der Waals surface area contributed by atoms with Crippen molar-refractivity contribution in [1.29, 1.82) is 0 Å². The molecule has 1 aliphatic carbocycles. The number of esters is 1. The molecule has 46 heavy (non-hydrogen) atoms. The number of carbonyl (C=O) groups is 5. The van der Waals surface area contributed by atoms with Crippen LogP contribution in [0.3, 0.4) is 0 Å². The van der Waals surface area contributed by atoms with E-state index >= 15 is 0 Å². The van der Waals surface area contributed by atoms with Gasteiger partial charge < -0.3 is 35.2 Å². The summed E-state index contributed by atoms with van der Waals surface area (Å²) in [4.78, 5) is 60.5. The Kier molecular flexibility index (Phi) is 13.3. The lowest BCUT2D eigenvalue weighted by Gasteiger charge is -2.38. The molecule has 0 spiro atoms. The molecule has 1 saturated carbocycles. The maximum atomic E-state index is 12.4. The number of hydrogen-bond acceptors (Lipinski definition) is 10. The number of hydrogen-bond donors (Lipinski definition) is 5. The number of unbranched alkanes of at least 4 members (excludes halogenated alkanes) is 3. The number of imide groups is 1. The van der Waals surface area contributed by atoms with Crippen molar-refractivity contribution in [3.05, 3.63) is 41.5 Å². The highest BCUT2D eigenvalue weighted by Gasteiger charge is 2.47. The third kappa shape index (κ3) is 10.4. The predicted molar refractivity (Wildman–Crippen MR) is 164 cm³/mol. The van der Waals surface area contributed by atoms with E-state index in [9.17, 15) is 44.4 Å². The summed E-state index contributed by atoms with van der Waals surface area (Å²) in [6.45, 7) is 5.86. The Labute approximate surface area is 268 Å². The third-order valence-corrected chi connectivity index (χ3v) is 8.08. The summed E-state index contributed by atoms with van der Waals surface area (Å²) in [7, 11) is 0. The summed E-state index contributed by atoms with van der Waals surface area (Å²) in [6, 6.07) is 5.29. The van der Waals surface area contributed by atoms with Gasteiger partial charge in [-0.3, -0.25) is 28.9 Å². The van der Waals surface area contributed by atoms with E-state index in [4.69, 9.17) is 9.47 Å². The number of carboxylic acids is 1. The van der Waals surface area contributed by atoms with Crippen molar-refractivity contribution in [1.82, 2.24) is 10.2 Å². The van der Waals surface area contributed by atoms with Crippen molar-refractivity contribution < 1.29 is 53.9 Å². The Morgan fingerprint density at radius 3 is 2.28 bits per heavy atom. The van der Waals surface area contributed by atoms with Crippen molar-refractivity contribution in [2.75, 3.05) is 13.1 Å². The first-order valence-electron chi connectivity index (χ1n) is 15.7. The maximum absolute atomic E-state index is 12.4. The van der Waals surface area contributed by atoms with Crippen LogP contribution in [0.4, 0.5) is 0 Å². The van der Waals surface area contributed by atoms with Crippen molar-refractivity contribution in [3.63, 3.8) is 0 Å². The lowest BCUT2D eigenvalue weighted by Crippen LogP contribution is -2.57. The number of aliphatic carboxylic acids is 1. The normalized spacial score (nSPS) is 23.0. The van der Waals surface area contributed by atoms with Crippen LogP contribution >= 0.6 is 0 Å². The Hall–Kier alpha value is -3.81. The molecular weight excluding hydrogens is 600 g/mol. The van der Waals surface area contributed by atoms with Gasteiger partial charge in [-0.2, -0.15) is 0 Å². The number of carbonyl (C=O) groups excluding carboxylic acids is 4. The van der Waals surface area contributed by atoms with Gasteiger partial charge >= 0.3 is 11.9 Å². The molecule has 13 heteroatoms. The average Bonchev–Trinajstić information content (AvgIpc) is 3.31. The maximum Gasteiger partial charge on any atom is 0.311 e. The first-order valence-corrected chi connectivity index (χ1v) is 15.7. The summed E-state index contributed by atoms with van der Waals surface area (Å²) < 4.78 is 11.5. The first-order chi connectivity index (χ1) is 21.7. The summed E-state index contributed by atoms with van der Waals surface area (Å²) in [5.74, 6) is -3.51. The monoisotopic (exact) mass is 646 g/mol. The molecule has 0 unspecified atom stereocenters. The Morgan fingerprint density at radius 2 is 1.63 bits per heavy atom. The molecule has 13 nitrogen and oxygen atoms in total. The van der Waals surface area contributed by atoms with Gasteiger partial charge in [-0.05, 0) is 64.5 Å². The molecule has 2 aliphatic rings. The number of benzene rings is 1. The van der Waals surface area contributed by atoms with Gasteiger partial charge in [0.05, 0.1) is 17.4 Å². The molecular formula is C33H46N2O11. The average molecular weight is 647 g/mol. The second-order valence-corrected chi connectivity index (χ2v) is 12.9. The number of rotatable bonds is 16. The van der Waals surface area contributed by atoms with Gasteiger partial charge in [-0.15, -0.1) is 0 Å². The van der Waals surface area contributed by atoms with Gasteiger partial charge in [-0.25, -0.2) is 0 Å². The van der Waals surface area contributed by atoms with E-state index in [0.29, 0.717) is 57.2 Å². The first kappa shape index (κ1) is 36.7. The number of aryl methyl sites for hydroxylation is 1. The fourth-order valence-corrected chi connectivity index (χ4v) is 5.21. The van der Waals surface area contributed by atoms with Crippen LogP contribution in [0, 0.1) is 11.3 Å². The lowest BCUT2D eigenvalue weighted by atomic mass is 9.80. The molecule has 1 fully saturated rings. The van der Waals surface area contributed by atoms with Gasteiger partial charge in [0.15, 0.2) is 0 Å². The molecule has 3 rings (SSSR count). The van der Waals surface area contributed by atoms with Crippen molar-refractivity contribution in [3.8, 4) is 5.75 Å². The van der Waals surface area contributed by atoms with E-state index in [1.165, 1.54) is 17.1 Å². The minimum Gasteiger partial charge on any atom is -0.487 e. The number of ether oxygens (including phenoxy) is 2. The molecule has 0 saturated heterocycles. The van der Waals surface area contributed by atoms with Crippen molar-refractivity contribution in [2.24, 2.45) is 11.3 Å². The van der Waals surface area contributed by atoms with Crippen LogP contribution in [-0.4, -0.2) is 92.5 Å².